The highest BCUT2D eigenvalue weighted by molar-refractivity contribution is 7.86. The molecule has 0 spiro atoms. The maximum atomic E-state index is 10.7. The summed E-state index contributed by atoms with van der Waals surface area (Å²) in [6.07, 6.45) is 0. The molecule has 0 saturated heterocycles. The summed E-state index contributed by atoms with van der Waals surface area (Å²) >= 11 is 0. The van der Waals surface area contributed by atoms with Gasteiger partial charge in [0.05, 0.1) is 0 Å². The zero-order valence-corrected chi connectivity index (χ0v) is 15.1. The van der Waals surface area contributed by atoms with Gasteiger partial charge in [0.1, 0.15) is 17.1 Å². The number of phenolic OH excluding ortho intramolecular Hbond substituents is 1. The summed E-state index contributed by atoms with van der Waals surface area (Å²) < 4.78 is 63.3. The van der Waals surface area contributed by atoms with E-state index in [-0.39, 0.29) is 5.60 Å². The Morgan fingerprint density at radius 3 is 1.77 bits per heavy atom. The van der Waals surface area contributed by atoms with Gasteiger partial charge in [-0.15, -0.1) is 0 Å². The van der Waals surface area contributed by atoms with Gasteiger partial charge >= 0.3 is 15.6 Å². The van der Waals surface area contributed by atoms with Crippen LogP contribution in [0.4, 0.5) is 13.2 Å². The molecule has 0 aliphatic carbocycles. The summed E-state index contributed by atoms with van der Waals surface area (Å²) in [5.41, 5.74) is -3.92. The van der Waals surface area contributed by atoms with E-state index < -0.39 is 15.6 Å². The number of hydrogen-bond donors (Lipinski definition) is 2. The molecular formula is C17H19F3O5S. The lowest BCUT2D eigenvalue weighted by Gasteiger charge is -2.21. The Morgan fingerprint density at radius 1 is 0.923 bits per heavy atom. The first-order valence-electron chi connectivity index (χ1n) is 7.32. The molecule has 2 aromatic rings. The standard InChI is InChI=1S/C16H18O2.CHF3O3S/c1-16(2,3)18-13-10-8-12(9-11-13)14-6-4-5-7-15(14)17;2-1(3,4)8(5,6)7/h4-11,17H,1-3H3;(H,5,6,7). The van der Waals surface area contributed by atoms with Crippen molar-refractivity contribution in [3.63, 3.8) is 0 Å². The van der Waals surface area contributed by atoms with Crippen LogP contribution in [0.1, 0.15) is 20.8 Å². The van der Waals surface area contributed by atoms with E-state index in [4.69, 9.17) is 17.7 Å². The predicted octanol–water partition coefficient (Wildman–Crippen LogP) is 4.63. The van der Waals surface area contributed by atoms with Crippen LogP contribution in [-0.4, -0.2) is 29.2 Å². The molecule has 144 valence electrons. The minimum absolute atomic E-state index is 0.198. The highest BCUT2D eigenvalue weighted by Crippen LogP contribution is 2.30. The molecule has 0 atom stereocenters. The van der Waals surface area contributed by atoms with Gasteiger partial charge in [-0.25, -0.2) is 0 Å². The SMILES string of the molecule is CC(C)(C)Oc1ccc(-c2ccccc2O)cc1.O=S(=O)(O)C(F)(F)F. The third kappa shape index (κ3) is 6.93. The molecule has 0 saturated carbocycles. The minimum Gasteiger partial charge on any atom is -0.507 e. The number of benzene rings is 2. The van der Waals surface area contributed by atoms with Gasteiger partial charge in [-0.3, -0.25) is 4.55 Å². The lowest BCUT2D eigenvalue weighted by molar-refractivity contribution is -0.0510. The van der Waals surface area contributed by atoms with Crippen LogP contribution in [-0.2, 0) is 10.1 Å². The molecule has 2 aromatic carbocycles. The van der Waals surface area contributed by atoms with E-state index in [9.17, 15) is 18.3 Å². The third-order valence-electron chi connectivity index (χ3n) is 2.79. The molecule has 0 amide bonds. The van der Waals surface area contributed by atoms with E-state index in [1.807, 2.05) is 63.2 Å². The average molecular weight is 392 g/mol. The summed E-state index contributed by atoms with van der Waals surface area (Å²) in [4.78, 5) is 0. The van der Waals surface area contributed by atoms with Crippen LogP contribution >= 0.6 is 0 Å². The van der Waals surface area contributed by atoms with Crippen molar-refractivity contribution in [2.75, 3.05) is 0 Å². The summed E-state index contributed by atoms with van der Waals surface area (Å²) in [7, 11) is -5.84. The fourth-order valence-corrected chi connectivity index (χ4v) is 1.77. The molecule has 2 rings (SSSR count). The lowest BCUT2D eigenvalue weighted by Crippen LogP contribution is -2.22. The van der Waals surface area contributed by atoms with Gasteiger partial charge in [0.15, 0.2) is 0 Å². The highest BCUT2D eigenvalue weighted by Gasteiger charge is 2.44. The summed E-state index contributed by atoms with van der Waals surface area (Å²) in [6, 6.07) is 15.1. The molecule has 5 nitrogen and oxygen atoms in total. The Kier molecular flexibility index (Phi) is 6.67. The van der Waals surface area contributed by atoms with E-state index in [0.717, 1.165) is 16.9 Å². The quantitative estimate of drug-likeness (QED) is 0.575. The minimum atomic E-state index is -5.84. The number of aromatic hydroxyl groups is 1. The molecule has 26 heavy (non-hydrogen) atoms. The van der Waals surface area contributed by atoms with Crippen molar-refractivity contribution in [3.05, 3.63) is 48.5 Å². The number of ether oxygens (including phenoxy) is 1. The average Bonchev–Trinajstić information content (AvgIpc) is 2.46. The van der Waals surface area contributed by atoms with Gasteiger partial charge in [-0.2, -0.15) is 21.6 Å². The first kappa shape index (κ1) is 21.8. The second-order valence-corrected chi connectivity index (χ2v) is 7.59. The number of para-hydroxylation sites is 1. The Labute approximate surface area is 149 Å². The van der Waals surface area contributed by atoms with E-state index in [0.29, 0.717) is 5.75 Å². The first-order chi connectivity index (χ1) is 11.7. The van der Waals surface area contributed by atoms with Crippen LogP contribution in [0.15, 0.2) is 48.5 Å². The molecule has 0 unspecified atom stereocenters. The zero-order chi connectivity index (χ0) is 20.2. The molecule has 0 aliphatic heterocycles. The second kappa shape index (κ2) is 7.96. The fraction of sp³-hybridized carbons (Fsp3) is 0.294. The van der Waals surface area contributed by atoms with Crippen molar-refractivity contribution in [2.24, 2.45) is 0 Å². The van der Waals surface area contributed by atoms with Crippen LogP contribution in [0, 0.1) is 0 Å². The number of phenols is 1. The third-order valence-corrected chi connectivity index (χ3v) is 3.37. The summed E-state index contributed by atoms with van der Waals surface area (Å²) in [5.74, 6) is 1.13. The summed E-state index contributed by atoms with van der Waals surface area (Å²) in [5, 5.41) is 9.79. The second-order valence-electron chi connectivity index (χ2n) is 6.18. The van der Waals surface area contributed by atoms with Crippen molar-refractivity contribution < 1.29 is 36.0 Å². The predicted molar refractivity (Wildman–Crippen MR) is 91.5 cm³/mol. The van der Waals surface area contributed by atoms with Gasteiger partial charge in [0.25, 0.3) is 0 Å². The van der Waals surface area contributed by atoms with Crippen LogP contribution < -0.4 is 4.74 Å². The Balaban J connectivity index is 0.000000359. The maximum absolute atomic E-state index is 10.7. The molecule has 0 aromatic heterocycles. The van der Waals surface area contributed by atoms with Gasteiger partial charge in [0, 0.05) is 5.56 Å². The molecule has 0 bridgehead atoms. The van der Waals surface area contributed by atoms with Gasteiger partial charge in [-0.05, 0) is 44.5 Å². The smallest absolute Gasteiger partial charge is 0.507 e. The zero-order valence-electron chi connectivity index (χ0n) is 14.3. The number of hydrogen-bond acceptors (Lipinski definition) is 4. The fourth-order valence-electron chi connectivity index (χ4n) is 1.77. The van der Waals surface area contributed by atoms with E-state index >= 15 is 0 Å². The molecule has 0 aliphatic rings. The molecule has 0 fully saturated rings. The van der Waals surface area contributed by atoms with E-state index in [1.54, 1.807) is 6.07 Å². The van der Waals surface area contributed by atoms with Crippen LogP contribution in [0.5, 0.6) is 11.5 Å². The number of rotatable bonds is 2. The molecule has 2 N–H and O–H groups in total. The van der Waals surface area contributed by atoms with Gasteiger partial charge in [-0.1, -0.05) is 30.3 Å². The van der Waals surface area contributed by atoms with E-state index in [2.05, 4.69) is 0 Å². The topological polar surface area (TPSA) is 83.8 Å². The van der Waals surface area contributed by atoms with Gasteiger partial charge in [0.2, 0.25) is 0 Å². The first-order valence-corrected chi connectivity index (χ1v) is 8.76. The highest BCUT2D eigenvalue weighted by atomic mass is 32.2. The Morgan fingerprint density at radius 2 is 1.38 bits per heavy atom. The molecule has 0 heterocycles. The van der Waals surface area contributed by atoms with Crippen molar-refractivity contribution in [2.45, 2.75) is 31.9 Å². The van der Waals surface area contributed by atoms with Crippen molar-refractivity contribution in [1.82, 2.24) is 0 Å². The number of halogens is 3. The largest absolute Gasteiger partial charge is 0.522 e. The van der Waals surface area contributed by atoms with Crippen LogP contribution in [0.25, 0.3) is 11.1 Å². The normalized spacial score (nSPS) is 12.1. The van der Waals surface area contributed by atoms with E-state index in [1.165, 1.54) is 0 Å². The van der Waals surface area contributed by atoms with Crippen molar-refractivity contribution in [1.29, 1.82) is 0 Å². The molecule has 9 heteroatoms. The summed E-state index contributed by atoms with van der Waals surface area (Å²) in [6.45, 7) is 6.05. The van der Waals surface area contributed by atoms with Gasteiger partial charge < -0.3 is 9.84 Å². The Bertz CT molecular complexity index is 823. The van der Waals surface area contributed by atoms with Crippen molar-refractivity contribution in [3.8, 4) is 22.6 Å². The van der Waals surface area contributed by atoms with Crippen molar-refractivity contribution >= 4 is 10.1 Å². The van der Waals surface area contributed by atoms with Crippen LogP contribution in [0.3, 0.4) is 0 Å². The number of alkyl halides is 3. The molecule has 0 radical (unpaired) electrons. The maximum Gasteiger partial charge on any atom is 0.522 e. The molecular weight excluding hydrogens is 373 g/mol. The van der Waals surface area contributed by atoms with Crippen LogP contribution in [0.2, 0.25) is 0 Å². The Hall–Kier alpha value is -2.26. The lowest BCUT2D eigenvalue weighted by atomic mass is 10.0. The monoisotopic (exact) mass is 392 g/mol.